The predicted molar refractivity (Wildman–Crippen MR) is 66.2 cm³/mol. The Bertz CT molecular complexity index is 235. The Morgan fingerprint density at radius 1 is 1.31 bits per heavy atom. The Labute approximate surface area is 99.1 Å². The summed E-state index contributed by atoms with van der Waals surface area (Å²) in [5, 5.41) is 0. The number of esters is 1. The van der Waals surface area contributed by atoms with Crippen LogP contribution in [-0.2, 0) is 9.53 Å². The van der Waals surface area contributed by atoms with Crippen molar-refractivity contribution >= 4 is 5.97 Å². The van der Waals surface area contributed by atoms with Gasteiger partial charge in [-0.2, -0.15) is 0 Å². The molecule has 0 saturated heterocycles. The third-order valence-electron chi connectivity index (χ3n) is 3.28. The van der Waals surface area contributed by atoms with Gasteiger partial charge in [-0.05, 0) is 38.0 Å². The zero-order valence-corrected chi connectivity index (χ0v) is 10.6. The minimum Gasteiger partial charge on any atom is -0.456 e. The SMILES string of the molecule is C=CC(=O)OC1(CC(C)C)CCCCCC1. The second-order valence-electron chi connectivity index (χ2n) is 5.32. The quantitative estimate of drug-likeness (QED) is 0.412. The van der Waals surface area contributed by atoms with Crippen LogP contribution in [0.1, 0.15) is 58.8 Å². The molecule has 1 rings (SSSR count). The van der Waals surface area contributed by atoms with E-state index in [2.05, 4.69) is 20.4 Å². The Hall–Kier alpha value is -0.790. The molecule has 0 unspecified atom stereocenters. The standard InChI is InChI=1S/C14H24O2/c1-4-13(15)16-14(11-12(2)3)9-7-5-6-8-10-14/h4,12H,1,5-11H2,2-3H3. The highest BCUT2D eigenvalue weighted by Gasteiger charge is 2.34. The average Bonchev–Trinajstić information content (AvgIpc) is 2.42. The lowest BCUT2D eigenvalue weighted by Gasteiger charge is -2.33. The van der Waals surface area contributed by atoms with Gasteiger partial charge in [0, 0.05) is 6.08 Å². The van der Waals surface area contributed by atoms with E-state index in [-0.39, 0.29) is 11.6 Å². The molecule has 1 aliphatic rings. The zero-order chi connectivity index (χ0) is 12.0. The van der Waals surface area contributed by atoms with Gasteiger partial charge in [0.1, 0.15) is 5.60 Å². The molecular weight excluding hydrogens is 200 g/mol. The fourth-order valence-electron chi connectivity index (χ4n) is 2.72. The maximum absolute atomic E-state index is 11.4. The highest BCUT2D eigenvalue weighted by atomic mass is 16.6. The Kier molecular flexibility index (Phi) is 5.04. The second-order valence-corrected chi connectivity index (χ2v) is 5.32. The number of carbonyl (C=O) groups is 1. The summed E-state index contributed by atoms with van der Waals surface area (Å²) in [6, 6.07) is 0. The van der Waals surface area contributed by atoms with Gasteiger partial charge in [0.15, 0.2) is 0 Å². The number of hydrogen-bond acceptors (Lipinski definition) is 2. The molecule has 0 amide bonds. The molecule has 1 aliphatic carbocycles. The summed E-state index contributed by atoms with van der Waals surface area (Å²) >= 11 is 0. The summed E-state index contributed by atoms with van der Waals surface area (Å²) in [6.45, 7) is 7.86. The first-order valence-electron chi connectivity index (χ1n) is 6.43. The van der Waals surface area contributed by atoms with E-state index in [0.717, 1.165) is 19.3 Å². The van der Waals surface area contributed by atoms with Crippen LogP contribution in [0.4, 0.5) is 0 Å². The summed E-state index contributed by atoms with van der Waals surface area (Å²) in [6.07, 6.45) is 9.19. The van der Waals surface area contributed by atoms with Crippen LogP contribution in [0.2, 0.25) is 0 Å². The van der Waals surface area contributed by atoms with Crippen molar-refractivity contribution in [2.75, 3.05) is 0 Å². The maximum Gasteiger partial charge on any atom is 0.330 e. The average molecular weight is 224 g/mol. The molecule has 0 aromatic rings. The zero-order valence-electron chi connectivity index (χ0n) is 10.6. The van der Waals surface area contributed by atoms with Crippen molar-refractivity contribution in [2.24, 2.45) is 5.92 Å². The van der Waals surface area contributed by atoms with Gasteiger partial charge in [0.05, 0.1) is 0 Å². The topological polar surface area (TPSA) is 26.3 Å². The molecule has 2 heteroatoms. The van der Waals surface area contributed by atoms with Gasteiger partial charge in [-0.25, -0.2) is 4.79 Å². The second kappa shape index (κ2) is 6.07. The van der Waals surface area contributed by atoms with Crippen LogP contribution in [0.25, 0.3) is 0 Å². The van der Waals surface area contributed by atoms with E-state index in [1.807, 2.05) is 0 Å². The smallest absolute Gasteiger partial charge is 0.330 e. The van der Waals surface area contributed by atoms with Crippen molar-refractivity contribution in [3.05, 3.63) is 12.7 Å². The number of rotatable bonds is 4. The molecule has 0 aromatic heterocycles. The van der Waals surface area contributed by atoms with Crippen molar-refractivity contribution in [3.63, 3.8) is 0 Å². The van der Waals surface area contributed by atoms with E-state index in [1.54, 1.807) is 0 Å². The molecule has 0 radical (unpaired) electrons. The Morgan fingerprint density at radius 3 is 2.31 bits per heavy atom. The molecule has 1 saturated carbocycles. The molecule has 16 heavy (non-hydrogen) atoms. The Balaban J connectivity index is 2.72. The molecule has 0 spiro atoms. The molecule has 92 valence electrons. The minimum absolute atomic E-state index is 0.212. The lowest BCUT2D eigenvalue weighted by Crippen LogP contribution is -2.35. The summed E-state index contributed by atoms with van der Waals surface area (Å²) in [7, 11) is 0. The number of hydrogen-bond donors (Lipinski definition) is 0. The van der Waals surface area contributed by atoms with Crippen molar-refractivity contribution in [1.29, 1.82) is 0 Å². The Morgan fingerprint density at radius 2 is 1.88 bits per heavy atom. The first-order chi connectivity index (χ1) is 7.58. The molecule has 0 atom stereocenters. The first-order valence-corrected chi connectivity index (χ1v) is 6.43. The summed E-state index contributed by atoms with van der Waals surface area (Å²) in [4.78, 5) is 11.4. The predicted octanol–water partition coefficient (Wildman–Crippen LogP) is 3.85. The fraction of sp³-hybridized carbons (Fsp3) is 0.786. The van der Waals surface area contributed by atoms with Gasteiger partial charge < -0.3 is 4.74 Å². The van der Waals surface area contributed by atoms with E-state index in [9.17, 15) is 4.79 Å². The third-order valence-corrected chi connectivity index (χ3v) is 3.28. The molecular formula is C14H24O2. The number of ether oxygens (including phenoxy) is 1. The van der Waals surface area contributed by atoms with Gasteiger partial charge in [0.25, 0.3) is 0 Å². The molecule has 0 N–H and O–H groups in total. The van der Waals surface area contributed by atoms with Gasteiger partial charge in [-0.3, -0.25) is 0 Å². The monoisotopic (exact) mass is 224 g/mol. The van der Waals surface area contributed by atoms with Crippen LogP contribution in [-0.4, -0.2) is 11.6 Å². The van der Waals surface area contributed by atoms with Crippen molar-refractivity contribution < 1.29 is 9.53 Å². The van der Waals surface area contributed by atoms with Gasteiger partial charge in [0.2, 0.25) is 0 Å². The van der Waals surface area contributed by atoms with Crippen LogP contribution in [0, 0.1) is 5.92 Å². The molecule has 0 heterocycles. The lowest BCUT2D eigenvalue weighted by molar-refractivity contribution is -0.157. The largest absolute Gasteiger partial charge is 0.456 e. The summed E-state index contributed by atoms with van der Waals surface area (Å²) in [5.74, 6) is 0.304. The first kappa shape index (κ1) is 13.3. The van der Waals surface area contributed by atoms with E-state index >= 15 is 0 Å². The minimum atomic E-state index is -0.262. The van der Waals surface area contributed by atoms with Gasteiger partial charge >= 0.3 is 5.97 Å². The van der Waals surface area contributed by atoms with Gasteiger partial charge in [-0.15, -0.1) is 0 Å². The van der Waals surface area contributed by atoms with Crippen LogP contribution in [0.3, 0.4) is 0 Å². The molecule has 2 nitrogen and oxygen atoms in total. The van der Waals surface area contributed by atoms with Crippen LogP contribution in [0.15, 0.2) is 12.7 Å². The maximum atomic E-state index is 11.4. The van der Waals surface area contributed by atoms with Crippen LogP contribution in [0.5, 0.6) is 0 Å². The van der Waals surface area contributed by atoms with Crippen molar-refractivity contribution in [2.45, 2.75) is 64.4 Å². The highest BCUT2D eigenvalue weighted by Crippen LogP contribution is 2.35. The normalized spacial score (nSPS) is 20.2. The van der Waals surface area contributed by atoms with Crippen molar-refractivity contribution in [3.8, 4) is 0 Å². The van der Waals surface area contributed by atoms with Crippen LogP contribution >= 0.6 is 0 Å². The molecule has 0 aliphatic heterocycles. The van der Waals surface area contributed by atoms with Crippen LogP contribution < -0.4 is 0 Å². The summed E-state index contributed by atoms with van der Waals surface area (Å²) in [5.41, 5.74) is -0.212. The third kappa shape index (κ3) is 3.99. The number of carbonyl (C=O) groups excluding carboxylic acids is 1. The van der Waals surface area contributed by atoms with E-state index in [0.29, 0.717) is 5.92 Å². The fourth-order valence-corrected chi connectivity index (χ4v) is 2.72. The highest BCUT2D eigenvalue weighted by molar-refractivity contribution is 5.81. The van der Waals surface area contributed by atoms with Crippen molar-refractivity contribution in [1.82, 2.24) is 0 Å². The van der Waals surface area contributed by atoms with E-state index < -0.39 is 0 Å². The lowest BCUT2D eigenvalue weighted by atomic mass is 9.85. The molecule has 0 aromatic carbocycles. The summed E-state index contributed by atoms with van der Waals surface area (Å²) < 4.78 is 5.66. The van der Waals surface area contributed by atoms with E-state index in [1.165, 1.54) is 31.8 Å². The molecule has 0 bridgehead atoms. The van der Waals surface area contributed by atoms with E-state index in [4.69, 9.17) is 4.74 Å². The van der Waals surface area contributed by atoms with Gasteiger partial charge in [-0.1, -0.05) is 33.3 Å². The molecule has 1 fully saturated rings.